The average Bonchev–Trinajstić information content (AvgIpc) is 3.00. The molecule has 0 spiro atoms. The van der Waals surface area contributed by atoms with E-state index in [0.717, 1.165) is 18.3 Å². The first-order valence-corrected chi connectivity index (χ1v) is 8.08. The summed E-state index contributed by atoms with van der Waals surface area (Å²) in [5.74, 6) is 0.983. The second-order valence-corrected chi connectivity index (χ2v) is 6.17. The number of nitrogens with one attached hydrogen (secondary N) is 1. The van der Waals surface area contributed by atoms with Gasteiger partial charge in [0.15, 0.2) is 0 Å². The predicted octanol–water partition coefficient (Wildman–Crippen LogP) is 1.74. The van der Waals surface area contributed by atoms with Crippen LogP contribution < -0.4 is 10.1 Å². The Balaban J connectivity index is 1.67. The van der Waals surface area contributed by atoms with Crippen molar-refractivity contribution >= 4 is 0 Å². The van der Waals surface area contributed by atoms with Crippen LogP contribution in [0.1, 0.15) is 24.4 Å². The molecule has 1 aromatic rings. The Labute approximate surface area is 128 Å². The Morgan fingerprint density at radius 2 is 2.14 bits per heavy atom. The maximum atomic E-state index is 5.52. The van der Waals surface area contributed by atoms with Gasteiger partial charge < -0.3 is 10.1 Å². The van der Waals surface area contributed by atoms with Gasteiger partial charge in [-0.25, -0.2) is 0 Å². The molecule has 2 heterocycles. The smallest absolute Gasteiger partial charge is 0.123 e. The Morgan fingerprint density at radius 3 is 2.95 bits per heavy atom. The van der Waals surface area contributed by atoms with E-state index in [1.807, 2.05) is 13.1 Å². The fourth-order valence-corrected chi connectivity index (χ4v) is 3.78. The number of benzene rings is 1. The van der Waals surface area contributed by atoms with Gasteiger partial charge in [-0.3, -0.25) is 9.80 Å². The second-order valence-electron chi connectivity index (χ2n) is 6.17. The summed E-state index contributed by atoms with van der Waals surface area (Å²) >= 11 is 0. The van der Waals surface area contributed by atoms with Crippen LogP contribution in [0.4, 0.5) is 0 Å². The lowest BCUT2D eigenvalue weighted by atomic mass is 10.0. The number of ether oxygens (including phenoxy) is 1. The Bertz CT molecular complexity index is 465. The van der Waals surface area contributed by atoms with E-state index in [-0.39, 0.29) is 0 Å². The minimum absolute atomic E-state index is 0.328. The van der Waals surface area contributed by atoms with Crippen molar-refractivity contribution in [2.75, 3.05) is 46.9 Å². The van der Waals surface area contributed by atoms with E-state index < -0.39 is 0 Å². The fraction of sp³-hybridized carbons (Fsp3) is 0.647. The summed E-state index contributed by atoms with van der Waals surface area (Å²) in [6.07, 6.45) is 2.75. The van der Waals surface area contributed by atoms with Crippen molar-refractivity contribution in [3.8, 4) is 5.75 Å². The molecule has 1 aromatic carbocycles. The van der Waals surface area contributed by atoms with Crippen LogP contribution in [0.25, 0.3) is 0 Å². The van der Waals surface area contributed by atoms with Gasteiger partial charge >= 0.3 is 0 Å². The summed E-state index contributed by atoms with van der Waals surface area (Å²) in [5.41, 5.74) is 1.26. The molecule has 2 fully saturated rings. The van der Waals surface area contributed by atoms with Crippen molar-refractivity contribution in [2.45, 2.75) is 24.9 Å². The molecule has 0 bridgehead atoms. The molecule has 4 heteroatoms. The summed E-state index contributed by atoms with van der Waals surface area (Å²) in [6.45, 7) is 5.99. The monoisotopic (exact) mass is 289 g/mol. The van der Waals surface area contributed by atoms with Crippen molar-refractivity contribution < 1.29 is 4.74 Å². The molecule has 2 aliphatic rings. The summed E-state index contributed by atoms with van der Waals surface area (Å²) < 4.78 is 5.52. The van der Waals surface area contributed by atoms with Crippen LogP contribution in [-0.2, 0) is 0 Å². The summed E-state index contributed by atoms with van der Waals surface area (Å²) in [5, 5.41) is 3.46. The van der Waals surface area contributed by atoms with E-state index in [1.54, 1.807) is 7.11 Å². The van der Waals surface area contributed by atoms with Crippen LogP contribution in [0.5, 0.6) is 5.75 Å². The fourth-order valence-electron chi connectivity index (χ4n) is 3.78. The first-order chi connectivity index (χ1) is 10.3. The quantitative estimate of drug-likeness (QED) is 0.893. The zero-order valence-electron chi connectivity index (χ0n) is 13.2. The molecule has 116 valence electrons. The van der Waals surface area contributed by atoms with Gasteiger partial charge in [0, 0.05) is 43.8 Å². The van der Waals surface area contributed by atoms with Crippen molar-refractivity contribution in [3.63, 3.8) is 0 Å². The lowest BCUT2D eigenvalue weighted by Gasteiger charge is -2.39. The topological polar surface area (TPSA) is 27.7 Å². The van der Waals surface area contributed by atoms with Gasteiger partial charge in [0.25, 0.3) is 0 Å². The molecule has 2 saturated heterocycles. The Hall–Kier alpha value is -1.10. The van der Waals surface area contributed by atoms with Gasteiger partial charge in [0.2, 0.25) is 0 Å². The molecule has 2 atom stereocenters. The highest BCUT2D eigenvalue weighted by Crippen LogP contribution is 2.27. The molecule has 0 aliphatic carbocycles. The van der Waals surface area contributed by atoms with Crippen molar-refractivity contribution in [1.82, 2.24) is 15.1 Å². The van der Waals surface area contributed by atoms with Crippen molar-refractivity contribution in [2.24, 2.45) is 0 Å². The highest BCUT2D eigenvalue weighted by Gasteiger charge is 2.31. The normalized spacial score (nSPS) is 24.8. The maximum absolute atomic E-state index is 5.52. The number of hydrogen-bond donors (Lipinski definition) is 1. The molecule has 3 rings (SSSR count). The summed E-state index contributed by atoms with van der Waals surface area (Å²) in [4.78, 5) is 5.27. The largest absolute Gasteiger partial charge is 0.496 e. The van der Waals surface area contributed by atoms with Gasteiger partial charge in [-0.1, -0.05) is 18.2 Å². The first kappa shape index (κ1) is 14.8. The minimum atomic E-state index is 0.328. The van der Waals surface area contributed by atoms with Crippen LogP contribution in [0.3, 0.4) is 0 Å². The van der Waals surface area contributed by atoms with E-state index >= 15 is 0 Å². The highest BCUT2D eigenvalue weighted by atomic mass is 16.5. The number of fused-ring (bicyclic) bond motifs is 1. The van der Waals surface area contributed by atoms with Crippen LogP contribution in [0, 0.1) is 0 Å². The number of para-hydroxylation sites is 1. The third-order valence-electron chi connectivity index (χ3n) is 4.98. The van der Waals surface area contributed by atoms with E-state index in [9.17, 15) is 0 Å². The molecule has 2 aliphatic heterocycles. The molecular weight excluding hydrogens is 262 g/mol. The van der Waals surface area contributed by atoms with E-state index in [2.05, 4.69) is 33.3 Å². The molecule has 21 heavy (non-hydrogen) atoms. The van der Waals surface area contributed by atoms with E-state index in [4.69, 9.17) is 4.74 Å². The SMILES string of the molecule is CNC(CN1CCN2CCCC2C1)c1ccccc1OC. The second kappa shape index (κ2) is 6.77. The highest BCUT2D eigenvalue weighted by molar-refractivity contribution is 5.36. The molecule has 0 saturated carbocycles. The predicted molar refractivity (Wildman–Crippen MR) is 85.8 cm³/mol. The molecule has 2 unspecified atom stereocenters. The molecule has 0 radical (unpaired) electrons. The van der Waals surface area contributed by atoms with Crippen LogP contribution in [-0.4, -0.2) is 62.7 Å². The number of hydrogen-bond acceptors (Lipinski definition) is 4. The zero-order valence-corrected chi connectivity index (χ0v) is 13.2. The number of rotatable bonds is 5. The van der Waals surface area contributed by atoms with E-state index in [0.29, 0.717) is 6.04 Å². The Kier molecular flexibility index (Phi) is 4.78. The van der Waals surface area contributed by atoms with Crippen LogP contribution in [0.15, 0.2) is 24.3 Å². The van der Waals surface area contributed by atoms with Gasteiger partial charge in [-0.2, -0.15) is 0 Å². The van der Waals surface area contributed by atoms with Crippen molar-refractivity contribution in [1.29, 1.82) is 0 Å². The zero-order chi connectivity index (χ0) is 14.7. The first-order valence-electron chi connectivity index (χ1n) is 8.08. The molecule has 1 N–H and O–H groups in total. The number of nitrogens with zero attached hydrogens (tertiary/aromatic N) is 2. The van der Waals surface area contributed by atoms with Crippen LogP contribution >= 0.6 is 0 Å². The van der Waals surface area contributed by atoms with E-state index in [1.165, 1.54) is 44.6 Å². The van der Waals surface area contributed by atoms with Crippen molar-refractivity contribution in [3.05, 3.63) is 29.8 Å². The third-order valence-corrected chi connectivity index (χ3v) is 4.98. The van der Waals surface area contributed by atoms with Gasteiger partial charge in [-0.15, -0.1) is 0 Å². The minimum Gasteiger partial charge on any atom is -0.496 e. The third kappa shape index (κ3) is 3.23. The lowest BCUT2D eigenvalue weighted by molar-refractivity contribution is 0.0968. The number of methoxy groups -OCH3 is 1. The van der Waals surface area contributed by atoms with Gasteiger partial charge in [0.1, 0.15) is 5.75 Å². The number of piperazine rings is 1. The van der Waals surface area contributed by atoms with Gasteiger partial charge in [0.05, 0.1) is 7.11 Å². The lowest BCUT2D eigenvalue weighted by Crippen LogP contribution is -2.51. The summed E-state index contributed by atoms with van der Waals surface area (Å²) in [7, 11) is 3.80. The molecule has 4 nitrogen and oxygen atoms in total. The van der Waals surface area contributed by atoms with Crippen LogP contribution in [0.2, 0.25) is 0 Å². The summed E-state index contributed by atoms with van der Waals surface area (Å²) in [6, 6.07) is 9.46. The maximum Gasteiger partial charge on any atom is 0.123 e. The Morgan fingerprint density at radius 1 is 1.29 bits per heavy atom. The number of likely N-dealkylation sites (N-methyl/N-ethyl adjacent to an activating group) is 1. The van der Waals surface area contributed by atoms with Gasteiger partial charge in [-0.05, 0) is 32.5 Å². The molecule has 0 amide bonds. The standard InChI is InChI=1S/C17H27N3O/c1-18-16(15-7-3-4-8-17(15)21-2)13-19-10-11-20-9-5-6-14(20)12-19/h3-4,7-8,14,16,18H,5-6,9-13H2,1-2H3. The molecular formula is C17H27N3O. The molecule has 0 aromatic heterocycles. The average molecular weight is 289 g/mol.